The summed E-state index contributed by atoms with van der Waals surface area (Å²) in [6.07, 6.45) is 0. The van der Waals surface area contributed by atoms with Gasteiger partial charge in [-0.25, -0.2) is 13.2 Å². The number of benzene rings is 2. The molecule has 80 valence electrons. The summed E-state index contributed by atoms with van der Waals surface area (Å²) in [4.78, 5) is 2.84. The van der Waals surface area contributed by atoms with E-state index in [-0.39, 0.29) is 10.9 Å². The summed E-state index contributed by atoms with van der Waals surface area (Å²) in [6.45, 7) is 0. The van der Waals surface area contributed by atoms with Gasteiger partial charge in [-0.05, 0) is 6.07 Å². The fourth-order valence-electron chi connectivity index (χ4n) is 1.91. The van der Waals surface area contributed by atoms with Crippen molar-refractivity contribution in [1.82, 2.24) is 4.98 Å². The highest BCUT2D eigenvalue weighted by molar-refractivity contribution is 6.07. The number of fused-ring (bicyclic) bond motifs is 3. The molecule has 1 nitrogen and oxygen atoms in total. The van der Waals surface area contributed by atoms with Gasteiger partial charge >= 0.3 is 0 Å². The van der Waals surface area contributed by atoms with Crippen LogP contribution in [0.3, 0.4) is 0 Å². The Morgan fingerprint density at radius 2 is 1.62 bits per heavy atom. The molecule has 0 unspecified atom stereocenters. The number of hydrogen-bond acceptors (Lipinski definition) is 0. The third-order valence-electron chi connectivity index (χ3n) is 2.63. The number of hydrogen-bond donors (Lipinski definition) is 1. The van der Waals surface area contributed by atoms with Crippen LogP contribution in [0.1, 0.15) is 0 Å². The van der Waals surface area contributed by atoms with Gasteiger partial charge in [0.1, 0.15) is 0 Å². The van der Waals surface area contributed by atoms with Gasteiger partial charge < -0.3 is 4.98 Å². The smallest absolute Gasteiger partial charge is 0.195 e. The van der Waals surface area contributed by atoms with Gasteiger partial charge in [-0.15, -0.1) is 0 Å². The van der Waals surface area contributed by atoms with Crippen LogP contribution in [0, 0.1) is 17.5 Å². The van der Waals surface area contributed by atoms with E-state index in [1.165, 1.54) is 0 Å². The molecule has 2 aromatic carbocycles. The van der Waals surface area contributed by atoms with Gasteiger partial charge in [0.15, 0.2) is 17.5 Å². The van der Waals surface area contributed by atoms with Gasteiger partial charge in [0.05, 0.1) is 5.52 Å². The molecule has 3 aromatic rings. The summed E-state index contributed by atoms with van der Waals surface area (Å²) in [5.74, 6) is -3.76. The lowest BCUT2D eigenvalue weighted by molar-refractivity contribution is 0.454. The Bertz CT molecular complexity index is 700. The lowest BCUT2D eigenvalue weighted by Gasteiger charge is -1.97. The highest BCUT2D eigenvalue weighted by Crippen LogP contribution is 2.29. The van der Waals surface area contributed by atoms with Crippen LogP contribution in [0.2, 0.25) is 0 Å². The van der Waals surface area contributed by atoms with Crippen LogP contribution in [0.4, 0.5) is 13.2 Å². The van der Waals surface area contributed by atoms with Crippen LogP contribution < -0.4 is 0 Å². The van der Waals surface area contributed by atoms with Crippen LogP contribution >= 0.6 is 0 Å². The second-order valence-electron chi connectivity index (χ2n) is 3.58. The standard InChI is InChI=1S/C12H6F3N/c13-7-5-9-10(12(15)11(7)14)6-3-1-2-4-8(6)16-9/h1-5,16H. The van der Waals surface area contributed by atoms with Crippen LogP contribution in [-0.4, -0.2) is 4.98 Å². The Kier molecular flexibility index (Phi) is 1.74. The van der Waals surface area contributed by atoms with E-state index in [1.54, 1.807) is 24.3 Å². The maximum atomic E-state index is 13.6. The predicted octanol–water partition coefficient (Wildman–Crippen LogP) is 3.74. The minimum atomic E-state index is -1.43. The number of rotatable bonds is 0. The van der Waals surface area contributed by atoms with Crippen molar-refractivity contribution >= 4 is 21.8 Å². The predicted molar refractivity (Wildman–Crippen MR) is 55.7 cm³/mol. The number of aromatic nitrogens is 1. The maximum Gasteiger partial charge on any atom is 0.195 e. The summed E-state index contributed by atoms with van der Waals surface area (Å²) < 4.78 is 39.7. The van der Waals surface area contributed by atoms with Crippen LogP contribution in [0.25, 0.3) is 21.8 Å². The molecule has 16 heavy (non-hydrogen) atoms. The van der Waals surface area contributed by atoms with Crippen LogP contribution in [0.5, 0.6) is 0 Å². The highest BCUT2D eigenvalue weighted by atomic mass is 19.2. The molecule has 0 aliphatic rings. The first-order chi connectivity index (χ1) is 7.68. The number of para-hydroxylation sites is 1. The molecule has 0 atom stereocenters. The monoisotopic (exact) mass is 221 g/mol. The number of halogens is 3. The Morgan fingerprint density at radius 1 is 0.875 bits per heavy atom. The van der Waals surface area contributed by atoms with Gasteiger partial charge in [-0.1, -0.05) is 18.2 Å². The molecule has 0 saturated heterocycles. The van der Waals surface area contributed by atoms with E-state index in [1.807, 2.05) is 0 Å². The second kappa shape index (κ2) is 3.01. The average molecular weight is 221 g/mol. The Hall–Kier alpha value is -1.97. The Balaban J connectivity index is 2.62. The van der Waals surface area contributed by atoms with E-state index in [0.29, 0.717) is 10.9 Å². The van der Waals surface area contributed by atoms with E-state index in [2.05, 4.69) is 4.98 Å². The fraction of sp³-hybridized carbons (Fsp3) is 0. The van der Waals surface area contributed by atoms with Crippen molar-refractivity contribution in [3.8, 4) is 0 Å². The summed E-state index contributed by atoms with van der Waals surface area (Å²) >= 11 is 0. The molecule has 3 rings (SSSR count). The molecular weight excluding hydrogens is 215 g/mol. The lowest BCUT2D eigenvalue weighted by atomic mass is 10.1. The first-order valence-corrected chi connectivity index (χ1v) is 4.72. The number of H-pyrrole nitrogens is 1. The van der Waals surface area contributed by atoms with Crippen LogP contribution in [-0.2, 0) is 0 Å². The number of nitrogens with one attached hydrogen (secondary N) is 1. The fourth-order valence-corrected chi connectivity index (χ4v) is 1.91. The summed E-state index contributed by atoms with van der Waals surface area (Å²) in [5, 5.41) is 0.642. The molecule has 4 heteroatoms. The SMILES string of the molecule is Fc1cc2[nH]c3ccccc3c2c(F)c1F. The maximum absolute atomic E-state index is 13.6. The third kappa shape index (κ3) is 1.07. The molecule has 1 N–H and O–H groups in total. The molecule has 0 radical (unpaired) electrons. The van der Waals surface area contributed by atoms with Gasteiger partial charge in [0.25, 0.3) is 0 Å². The van der Waals surface area contributed by atoms with E-state index < -0.39 is 17.5 Å². The number of aromatic amines is 1. The second-order valence-corrected chi connectivity index (χ2v) is 3.58. The Labute approximate surface area is 88.5 Å². The molecule has 0 amide bonds. The largest absolute Gasteiger partial charge is 0.354 e. The third-order valence-corrected chi connectivity index (χ3v) is 2.63. The molecule has 0 bridgehead atoms. The zero-order valence-corrected chi connectivity index (χ0v) is 8.02. The quantitative estimate of drug-likeness (QED) is 0.556. The zero-order valence-electron chi connectivity index (χ0n) is 8.02. The molecule has 0 fully saturated rings. The highest BCUT2D eigenvalue weighted by Gasteiger charge is 2.16. The van der Waals surface area contributed by atoms with Crippen molar-refractivity contribution in [3.63, 3.8) is 0 Å². The van der Waals surface area contributed by atoms with Gasteiger partial charge in [-0.2, -0.15) is 0 Å². The molecule has 0 saturated carbocycles. The minimum Gasteiger partial charge on any atom is -0.354 e. The van der Waals surface area contributed by atoms with Gasteiger partial charge in [0.2, 0.25) is 0 Å². The molecule has 0 spiro atoms. The average Bonchev–Trinajstić information content (AvgIpc) is 2.64. The van der Waals surface area contributed by atoms with Crippen molar-refractivity contribution in [1.29, 1.82) is 0 Å². The summed E-state index contributed by atoms with van der Waals surface area (Å²) in [7, 11) is 0. The molecule has 1 heterocycles. The van der Waals surface area contributed by atoms with Crippen molar-refractivity contribution in [2.24, 2.45) is 0 Å². The van der Waals surface area contributed by atoms with E-state index in [9.17, 15) is 13.2 Å². The van der Waals surface area contributed by atoms with Crippen molar-refractivity contribution in [2.75, 3.05) is 0 Å². The first kappa shape index (κ1) is 9.27. The van der Waals surface area contributed by atoms with Crippen molar-refractivity contribution in [3.05, 3.63) is 47.8 Å². The lowest BCUT2D eigenvalue weighted by Crippen LogP contribution is -1.90. The van der Waals surface area contributed by atoms with Crippen molar-refractivity contribution < 1.29 is 13.2 Å². The molecule has 0 aliphatic heterocycles. The van der Waals surface area contributed by atoms with Gasteiger partial charge in [0, 0.05) is 22.4 Å². The molecule has 1 aromatic heterocycles. The zero-order chi connectivity index (χ0) is 11.3. The van der Waals surface area contributed by atoms with Gasteiger partial charge in [-0.3, -0.25) is 0 Å². The van der Waals surface area contributed by atoms with E-state index >= 15 is 0 Å². The molecule has 0 aliphatic carbocycles. The molecular formula is C12H6F3N. The van der Waals surface area contributed by atoms with E-state index in [0.717, 1.165) is 6.07 Å². The van der Waals surface area contributed by atoms with E-state index in [4.69, 9.17) is 0 Å². The minimum absolute atomic E-state index is 0.0921. The summed E-state index contributed by atoms with van der Waals surface area (Å²) in [5.41, 5.74) is 0.916. The van der Waals surface area contributed by atoms with Crippen LogP contribution in [0.15, 0.2) is 30.3 Å². The summed E-state index contributed by atoms with van der Waals surface area (Å²) in [6, 6.07) is 7.84. The van der Waals surface area contributed by atoms with Crippen molar-refractivity contribution in [2.45, 2.75) is 0 Å². The normalized spacial score (nSPS) is 11.4. The Morgan fingerprint density at radius 3 is 2.44 bits per heavy atom. The topological polar surface area (TPSA) is 15.8 Å². The first-order valence-electron chi connectivity index (χ1n) is 4.72.